The van der Waals surface area contributed by atoms with Crippen LogP contribution in [0.3, 0.4) is 0 Å². The summed E-state index contributed by atoms with van der Waals surface area (Å²) >= 11 is 0. The standard InChI is InChI=1S/C19H26O4/c1-7-16(18(22-13(2)20)23-14(3)21)12-15-8-10-17(11-9-15)19(4,5)6/h8-12,18H,7H2,1-6H3/b16-12+. The summed E-state index contributed by atoms with van der Waals surface area (Å²) in [5.41, 5.74) is 3.04. The minimum Gasteiger partial charge on any atom is -0.421 e. The normalized spacial score (nSPS) is 12.2. The average Bonchev–Trinajstić information content (AvgIpc) is 2.42. The van der Waals surface area contributed by atoms with Gasteiger partial charge in [-0.3, -0.25) is 9.59 Å². The van der Waals surface area contributed by atoms with Crippen molar-refractivity contribution >= 4 is 18.0 Å². The van der Waals surface area contributed by atoms with Crippen molar-refractivity contribution < 1.29 is 19.1 Å². The molecule has 1 aromatic carbocycles. The molecule has 1 rings (SSSR count). The first-order chi connectivity index (χ1) is 10.6. The van der Waals surface area contributed by atoms with E-state index < -0.39 is 18.2 Å². The van der Waals surface area contributed by atoms with Gasteiger partial charge in [0.25, 0.3) is 6.29 Å². The third-order valence-electron chi connectivity index (χ3n) is 3.39. The molecule has 0 fully saturated rings. The lowest BCUT2D eigenvalue weighted by Gasteiger charge is -2.20. The zero-order chi connectivity index (χ0) is 17.6. The van der Waals surface area contributed by atoms with Crippen LogP contribution in [-0.4, -0.2) is 18.2 Å². The van der Waals surface area contributed by atoms with Gasteiger partial charge in [0.2, 0.25) is 0 Å². The van der Waals surface area contributed by atoms with Gasteiger partial charge in [0.05, 0.1) is 0 Å². The van der Waals surface area contributed by atoms with Crippen LogP contribution in [0.25, 0.3) is 6.08 Å². The summed E-state index contributed by atoms with van der Waals surface area (Å²) in [6.45, 7) is 11.0. The highest BCUT2D eigenvalue weighted by Gasteiger charge is 2.19. The summed E-state index contributed by atoms with van der Waals surface area (Å²) in [4.78, 5) is 22.4. The number of rotatable bonds is 5. The van der Waals surface area contributed by atoms with Crippen molar-refractivity contribution in [3.63, 3.8) is 0 Å². The van der Waals surface area contributed by atoms with Crippen LogP contribution in [0.1, 0.15) is 59.1 Å². The van der Waals surface area contributed by atoms with Gasteiger partial charge in [-0.25, -0.2) is 0 Å². The summed E-state index contributed by atoms with van der Waals surface area (Å²) in [6.07, 6.45) is 1.52. The van der Waals surface area contributed by atoms with Crippen LogP contribution < -0.4 is 0 Å². The van der Waals surface area contributed by atoms with Crippen LogP contribution in [0.5, 0.6) is 0 Å². The third-order valence-corrected chi connectivity index (χ3v) is 3.39. The highest BCUT2D eigenvalue weighted by Crippen LogP contribution is 2.24. The predicted molar refractivity (Wildman–Crippen MR) is 90.7 cm³/mol. The third kappa shape index (κ3) is 6.27. The Hall–Kier alpha value is -2.10. The Morgan fingerprint density at radius 1 is 1.04 bits per heavy atom. The Morgan fingerprint density at radius 2 is 1.52 bits per heavy atom. The Balaban J connectivity index is 3.07. The number of carbonyl (C=O) groups excluding carboxylic acids is 2. The van der Waals surface area contributed by atoms with Gasteiger partial charge < -0.3 is 9.47 Å². The first kappa shape index (κ1) is 18.9. The second-order valence-electron chi connectivity index (χ2n) is 6.50. The molecule has 0 atom stereocenters. The molecular weight excluding hydrogens is 292 g/mol. The van der Waals surface area contributed by atoms with E-state index in [1.807, 2.05) is 25.1 Å². The van der Waals surface area contributed by atoms with Gasteiger partial charge in [-0.1, -0.05) is 52.0 Å². The van der Waals surface area contributed by atoms with E-state index in [1.165, 1.54) is 19.4 Å². The van der Waals surface area contributed by atoms with Crippen LogP contribution in [0.4, 0.5) is 0 Å². The van der Waals surface area contributed by atoms with Crippen molar-refractivity contribution in [1.82, 2.24) is 0 Å². The summed E-state index contributed by atoms with van der Waals surface area (Å²) in [5.74, 6) is -0.975. The lowest BCUT2D eigenvalue weighted by molar-refractivity contribution is -0.178. The molecule has 0 aliphatic rings. The first-order valence-electron chi connectivity index (χ1n) is 7.79. The molecule has 0 spiro atoms. The Kier molecular flexibility index (Phi) is 6.55. The molecule has 0 N–H and O–H groups in total. The van der Waals surface area contributed by atoms with Crippen molar-refractivity contribution in [1.29, 1.82) is 0 Å². The van der Waals surface area contributed by atoms with Gasteiger partial charge in [0.1, 0.15) is 0 Å². The van der Waals surface area contributed by atoms with Crippen LogP contribution in [-0.2, 0) is 24.5 Å². The molecule has 4 nitrogen and oxygen atoms in total. The molecule has 0 radical (unpaired) electrons. The van der Waals surface area contributed by atoms with E-state index in [9.17, 15) is 9.59 Å². The highest BCUT2D eigenvalue weighted by molar-refractivity contribution is 5.69. The highest BCUT2D eigenvalue weighted by atomic mass is 16.7. The maximum atomic E-state index is 11.2. The number of esters is 2. The van der Waals surface area contributed by atoms with Gasteiger partial charge >= 0.3 is 11.9 Å². The van der Waals surface area contributed by atoms with E-state index in [4.69, 9.17) is 9.47 Å². The molecule has 0 heterocycles. The fourth-order valence-corrected chi connectivity index (χ4v) is 2.11. The maximum Gasteiger partial charge on any atom is 0.305 e. The SMILES string of the molecule is CC/C(=C\c1ccc(C(C)(C)C)cc1)C(OC(C)=O)OC(C)=O. The molecule has 0 bridgehead atoms. The van der Waals surface area contributed by atoms with Crippen LogP contribution in [0.15, 0.2) is 29.8 Å². The molecular formula is C19H26O4. The second kappa shape index (κ2) is 7.95. The van der Waals surface area contributed by atoms with Crippen molar-refractivity contribution in [3.8, 4) is 0 Å². The van der Waals surface area contributed by atoms with E-state index in [-0.39, 0.29) is 5.41 Å². The van der Waals surface area contributed by atoms with Gasteiger partial charge in [-0.15, -0.1) is 0 Å². The van der Waals surface area contributed by atoms with E-state index in [1.54, 1.807) is 0 Å². The van der Waals surface area contributed by atoms with E-state index in [0.717, 1.165) is 11.1 Å². The summed E-state index contributed by atoms with van der Waals surface area (Å²) in [6, 6.07) is 8.17. The molecule has 126 valence electrons. The number of carbonyl (C=O) groups is 2. The Morgan fingerprint density at radius 3 is 1.87 bits per heavy atom. The minimum absolute atomic E-state index is 0.0911. The monoisotopic (exact) mass is 318 g/mol. The van der Waals surface area contributed by atoms with Gasteiger partial charge in [-0.05, 0) is 29.0 Å². The molecule has 0 amide bonds. The lowest BCUT2D eigenvalue weighted by Crippen LogP contribution is -2.24. The second-order valence-corrected chi connectivity index (χ2v) is 6.50. The zero-order valence-corrected chi connectivity index (χ0v) is 14.8. The fourth-order valence-electron chi connectivity index (χ4n) is 2.11. The average molecular weight is 318 g/mol. The number of hydrogen-bond acceptors (Lipinski definition) is 4. The van der Waals surface area contributed by atoms with Crippen molar-refractivity contribution in [2.75, 3.05) is 0 Å². The molecule has 0 unspecified atom stereocenters. The maximum absolute atomic E-state index is 11.2. The predicted octanol–water partition coefficient (Wildman–Crippen LogP) is 4.23. The smallest absolute Gasteiger partial charge is 0.305 e. The number of benzene rings is 1. The molecule has 0 aliphatic carbocycles. The zero-order valence-electron chi connectivity index (χ0n) is 14.8. The molecule has 0 aliphatic heterocycles. The van der Waals surface area contributed by atoms with Crippen molar-refractivity contribution in [2.24, 2.45) is 0 Å². The lowest BCUT2D eigenvalue weighted by atomic mass is 9.86. The largest absolute Gasteiger partial charge is 0.421 e. The molecule has 0 saturated carbocycles. The van der Waals surface area contributed by atoms with Gasteiger partial charge in [0, 0.05) is 19.4 Å². The first-order valence-corrected chi connectivity index (χ1v) is 7.79. The van der Waals surface area contributed by atoms with E-state index in [2.05, 4.69) is 32.9 Å². The van der Waals surface area contributed by atoms with E-state index in [0.29, 0.717) is 6.42 Å². The minimum atomic E-state index is -0.975. The fraction of sp³-hybridized carbons (Fsp3) is 0.474. The molecule has 4 heteroatoms. The van der Waals surface area contributed by atoms with Crippen molar-refractivity contribution in [3.05, 3.63) is 41.0 Å². The van der Waals surface area contributed by atoms with Gasteiger partial charge in [-0.2, -0.15) is 0 Å². The van der Waals surface area contributed by atoms with Crippen LogP contribution in [0, 0.1) is 0 Å². The topological polar surface area (TPSA) is 52.6 Å². The molecule has 23 heavy (non-hydrogen) atoms. The quantitative estimate of drug-likeness (QED) is 0.602. The Bertz CT molecular complexity index is 560. The molecule has 0 saturated heterocycles. The summed E-state index contributed by atoms with van der Waals surface area (Å²) in [5, 5.41) is 0. The molecule has 0 aromatic heterocycles. The van der Waals surface area contributed by atoms with Crippen LogP contribution >= 0.6 is 0 Å². The van der Waals surface area contributed by atoms with Crippen LogP contribution in [0.2, 0.25) is 0 Å². The summed E-state index contributed by atoms with van der Waals surface area (Å²) in [7, 11) is 0. The Labute approximate surface area is 138 Å². The summed E-state index contributed by atoms with van der Waals surface area (Å²) < 4.78 is 10.2. The number of hydrogen-bond donors (Lipinski definition) is 0. The van der Waals surface area contributed by atoms with Gasteiger partial charge in [0.15, 0.2) is 0 Å². The molecule has 1 aromatic rings. The number of ether oxygens (including phenoxy) is 2. The van der Waals surface area contributed by atoms with Crippen molar-refractivity contribution in [2.45, 2.75) is 59.7 Å². The van der Waals surface area contributed by atoms with E-state index >= 15 is 0 Å².